The van der Waals surface area contributed by atoms with Gasteiger partial charge < -0.3 is 30.1 Å². The lowest BCUT2D eigenvalue weighted by Crippen LogP contribution is -2.47. The first-order chi connectivity index (χ1) is 13.3. The van der Waals surface area contributed by atoms with E-state index in [-0.39, 0.29) is 0 Å². The van der Waals surface area contributed by atoms with E-state index in [2.05, 4.69) is 59.4 Å². The van der Waals surface area contributed by atoms with Crippen molar-refractivity contribution in [2.24, 2.45) is 4.99 Å². The lowest BCUT2D eigenvalue weighted by Gasteiger charge is -2.34. The first-order valence-corrected chi connectivity index (χ1v) is 10.0. The lowest BCUT2D eigenvalue weighted by molar-refractivity contribution is -0.314. The van der Waals surface area contributed by atoms with Crippen LogP contribution in [0.25, 0.3) is 0 Å². The molecule has 2 aromatic rings. The van der Waals surface area contributed by atoms with Crippen LogP contribution in [0.2, 0.25) is 0 Å². The molecular weight excluding hydrogens is 376 g/mol. The van der Waals surface area contributed by atoms with Gasteiger partial charge in [-0.25, -0.2) is 4.99 Å². The number of anilines is 2. The number of rotatable bonds is 1. The Morgan fingerprint density at radius 3 is 2.57 bits per heavy atom. The predicted octanol–water partition coefficient (Wildman–Crippen LogP) is 1.56. The molecule has 0 amide bonds. The molecule has 2 aliphatic rings. The molecule has 2 N–H and O–H groups in total. The number of carboxylic acid groups (broad SMARTS) is 1. The average molecular weight is 402 g/mol. The van der Waals surface area contributed by atoms with E-state index in [1.165, 1.54) is 15.4 Å². The van der Waals surface area contributed by atoms with E-state index in [0.717, 1.165) is 50.3 Å². The van der Waals surface area contributed by atoms with Gasteiger partial charge in [0.15, 0.2) is 0 Å². The van der Waals surface area contributed by atoms with Crippen molar-refractivity contribution in [3.8, 4) is 0 Å². The Kier molecular flexibility index (Phi) is 6.33. The highest BCUT2D eigenvalue weighted by Crippen LogP contribution is 2.39. The van der Waals surface area contributed by atoms with Gasteiger partial charge in [0.05, 0.1) is 29.0 Å². The smallest absolute Gasteiger partial charge is 0.139 e. The van der Waals surface area contributed by atoms with E-state index in [1.54, 1.807) is 11.3 Å². The van der Waals surface area contributed by atoms with Gasteiger partial charge in [-0.1, -0.05) is 12.1 Å². The Morgan fingerprint density at radius 2 is 1.93 bits per heavy atom. The molecular formula is C20H25N4O3S-. The number of carbonyl (C=O) groups excluding carboxylic acids is 1. The summed E-state index contributed by atoms with van der Waals surface area (Å²) in [5, 5.41) is 22.1. The number of carbonyl (C=O) groups is 1. The second-order valence-corrected chi connectivity index (χ2v) is 8.22. The van der Waals surface area contributed by atoms with Crippen LogP contribution in [0.15, 0.2) is 35.3 Å². The molecule has 1 aromatic carbocycles. The highest BCUT2D eigenvalue weighted by Gasteiger charge is 2.25. The number of likely N-dealkylation sites (N-methyl/N-ethyl adjacent to an activating group) is 1. The van der Waals surface area contributed by atoms with Crippen LogP contribution in [0.1, 0.15) is 17.4 Å². The minimum atomic E-state index is -1.44. The maximum Gasteiger partial charge on any atom is 0.139 e. The van der Waals surface area contributed by atoms with Crippen molar-refractivity contribution in [3.63, 3.8) is 0 Å². The lowest BCUT2D eigenvalue weighted by atomic mass is 10.2. The number of amidine groups is 1. The van der Waals surface area contributed by atoms with Gasteiger partial charge in [0.2, 0.25) is 0 Å². The number of aryl methyl sites for hydroxylation is 1. The van der Waals surface area contributed by atoms with E-state index in [1.807, 2.05) is 0 Å². The number of hydrogen-bond acceptors (Lipinski definition) is 8. The third-order valence-electron chi connectivity index (χ3n) is 4.62. The molecule has 150 valence electrons. The molecule has 3 heterocycles. The van der Waals surface area contributed by atoms with Crippen LogP contribution in [-0.4, -0.2) is 66.0 Å². The summed E-state index contributed by atoms with van der Waals surface area (Å²) >= 11 is 1.81. The zero-order chi connectivity index (χ0) is 20.3. The Morgan fingerprint density at radius 1 is 1.29 bits per heavy atom. The first-order valence-electron chi connectivity index (χ1n) is 9.23. The largest absolute Gasteiger partial charge is 0.547 e. The standard InChI is InChI=1S/C17H20N4S.C3H6O3/c1-12-11-13-16(21-9-7-20(2)8-10-21)18-14-5-3-4-6-15(14)19-17(13)22-12;1-2(4)3(5)6/h3-6,11,19H,7-10H2,1-2H3;2,4H,1H3,(H,5,6)/p-1. The van der Waals surface area contributed by atoms with Gasteiger partial charge in [-0.3, -0.25) is 0 Å². The SMILES string of the molecule is CC(O)C(=O)[O-].Cc1cc2c(s1)Nc1ccccc1N=C2N1CCN(C)CC1. The number of aliphatic imine (C=N–C) groups is 1. The zero-order valence-corrected chi connectivity index (χ0v) is 17.1. The Labute approximate surface area is 168 Å². The van der Waals surface area contributed by atoms with Gasteiger partial charge in [-0.2, -0.15) is 0 Å². The number of thiophene rings is 1. The number of nitrogens with one attached hydrogen (secondary N) is 1. The van der Waals surface area contributed by atoms with Gasteiger partial charge in [0.25, 0.3) is 0 Å². The van der Waals surface area contributed by atoms with Crippen molar-refractivity contribution in [1.29, 1.82) is 0 Å². The summed E-state index contributed by atoms with van der Waals surface area (Å²) in [5.41, 5.74) is 3.36. The molecule has 2 aliphatic heterocycles. The maximum atomic E-state index is 9.34. The minimum Gasteiger partial charge on any atom is -0.547 e. The Balaban J connectivity index is 0.000000330. The van der Waals surface area contributed by atoms with E-state index in [4.69, 9.17) is 10.1 Å². The van der Waals surface area contributed by atoms with Crippen molar-refractivity contribution in [3.05, 3.63) is 40.8 Å². The van der Waals surface area contributed by atoms with Gasteiger partial charge in [-0.05, 0) is 39.1 Å². The Bertz CT molecular complexity index is 870. The number of nitrogens with zero attached hydrogens (tertiary/aromatic N) is 3. The molecule has 28 heavy (non-hydrogen) atoms. The summed E-state index contributed by atoms with van der Waals surface area (Å²) < 4.78 is 0. The van der Waals surface area contributed by atoms with Crippen molar-refractivity contribution < 1.29 is 15.0 Å². The van der Waals surface area contributed by atoms with Crippen LogP contribution < -0.4 is 10.4 Å². The zero-order valence-electron chi connectivity index (χ0n) is 16.3. The molecule has 0 radical (unpaired) electrons. The fourth-order valence-corrected chi connectivity index (χ4v) is 3.93. The summed E-state index contributed by atoms with van der Waals surface area (Å²) in [6, 6.07) is 10.6. The van der Waals surface area contributed by atoms with Crippen molar-refractivity contribution in [1.82, 2.24) is 9.80 Å². The number of carboxylic acids is 1. The normalized spacial score (nSPS) is 17.1. The fourth-order valence-electron chi connectivity index (χ4n) is 3.01. The van der Waals surface area contributed by atoms with E-state index in [0.29, 0.717) is 0 Å². The minimum absolute atomic E-state index is 1.03. The van der Waals surface area contributed by atoms with Gasteiger partial charge in [-0.15, -0.1) is 11.3 Å². The molecule has 8 heteroatoms. The summed E-state index contributed by atoms with van der Waals surface area (Å²) in [6.45, 7) is 7.54. The van der Waals surface area contributed by atoms with Crippen LogP contribution in [0.5, 0.6) is 0 Å². The number of benzene rings is 1. The molecule has 1 unspecified atom stereocenters. The fraction of sp³-hybridized carbons (Fsp3) is 0.400. The number of aliphatic hydroxyl groups excluding tert-OH is 1. The van der Waals surface area contributed by atoms with Gasteiger partial charge in [0.1, 0.15) is 10.8 Å². The van der Waals surface area contributed by atoms with E-state index >= 15 is 0 Å². The van der Waals surface area contributed by atoms with Crippen LogP contribution in [0.3, 0.4) is 0 Å². The van der Waals surface area contributed by atoms with Crippen LogP contribution in [0.4, 0.5) is 16.4 Å². The number of aliphatic hydroxyl groups is 1. The second kappa shape index (κ2) is 8.72. The third-order valence-corrected chi connectivity index (χ3v) is 5.58. The van der Waals surface area contributed by atoms with E-state index in [9.17, 15) is 9.90 Å². The molecule has 1 fully saturated rings. The molecule has 0 saturated carbocycles. The maximum absolute atomic E-state index is 9.34. The summed E-state index contributed by atoms with van der Waals surface area (Å²) in [4.78, 5) is 20.5. The Hall–Kier alpha value is -2.42. The molecule has 1 atom stereocenters. The summed E-state index contributed by atoms with van der Waals surface area (Å²) in [5.74, 6) is -0.320. The number of fused-ring (bicyclic) bond motifs is 2. The molecule has 0 spiro atoms. The average Bonchev–Trinajstić information content (AvgIpc) is 2.95. The number of hydrogen-bond donors (Lipinski definition) is 2. The molecule has 4 rings (SSSR count). The molecule has 1 aromatic heterocycles. The third kappa shape index (κ3) is 4.70. The number of piperazine rings is 1. The quantitative estimate of drug-likeness (QED) is 0.754. The van der Waals surface area contributed by atoms with Crippen LogP contribution >= 0.6 is 11.3 Å². The van der Waals surface area contributed by atoms with E-state index < -0.39 is 12.1 Å². The molecule has 0 bridgehead atoms. The number of aliphatic carboxylic acids is 1. The van der Waals surface area contributed by atoms with Crippen molar-refractivity contribution in [2.75, 3.05) is 38.5 Å². The monoisotopic (exact) mass is 401 g/mol. The van der Waals surface area contributed by atoms with Gasteiger partial charge >= 0.3 is 0 Å². The summed E-state index contributed by atoms with van der Waals surface area (Å²) in [7, 11) is 2.18. The van der Waals surface area contributed by atoms with Crippen LogP contribution in [0, 0.1) is 6.92 Å². The number of para-hydroxylation sites is 2. The topological polar surface area (TPSA) is 91.2 Å². The van der Waals surface area contributed by atoms with Crippen molar-refractivity contribution >= 4 is 39.5 Å². The second-order valence-electron chi connectivity index (χ2n) is 6.96. The molecule has 7 nitrogen and oxygen atoms in total. The highest BCUT2D eigenvalue weighted by atomic mass is 32.1. The molecule has 0 aliphatic carbocycles. The highest BCUT2D eigenvalue weighted by molar-refractivity contribution is 7.16. The van der Waals surface area contributed by atoms with Crippen molar-refractivity contribution in [2.45, 2.75) is 20.0 Å². The van der Waals surface area contributed by atoms with Crippen LogP contribution in [-0.2, 0) is 4.79 Å². The summed E-state index contributed by atoms with van der Waals surface area (Å²) in [6.07, 6.45) is -1.34. The van der Waals surface area contributed by atoms with Gasteiger partial charge in [0, 0.05) is 31.1 Å². The first kappa shape index (κ1) is 20.3. The molecule has 1 saturated heterocycles. The predicted molar refractivity (Wildman–Crippen MR) is 111 cm³/mol.